The van der Waals surface area contributed by atoms with Crippen molar-refractivity contribution in [1.29, 1.82) is 0 Å². The predicted molar refractivity (Wildman–Crippen MR) is 144 cm³/mol. The number of ether oxygens (including phenoxy) is 4. The number of methoxy groups -OCH3 is 3. The number of fused-ring (bicyclic) bond motifs is 1. The van der Waals surface area contributed by atoms with E-state index >= 15 is 4.39 Å². The normalized spacial score (nSPS) is 11.8. The number of halogens is 2. The predicted octanol–water partition coefficient (Wildman–Crippen LogP) is 5.70. The summed E-state index contributed by atoms with van der Waals surface area (Å²) >= 11 is 6.19. The Bertz CT molecular complexity index is 1470. The number of carbonyl (C=O) groups excluding carboxylic acids is 1. The molecule has 38 heavy (non-hydrogen) atoms. The van der Waals surface area contributed by atoms with Gasteiger partial charge in [0, 0.05) is 63.2 Å². The van der Waals surface area contributed by atoms with Gasteiger partial charge in [-0.2, -0.15) is 0 Å². The van der Waals surface area contributed by atoms with Gasteiger partial charge < -0.3 is 34.4 Å². The standard InChI is InChI=1S/C28H28ClFN2O6/c1-15-23(36-3)13-22-25(26(15)30)21(14-31-22)28(34)27(20-6-5-16(29)9-24(20)37-4)32-17-10-18(35-2)12-19(11-17)38-8-7-33/h5-6,9-14,27,31-33H,7-8H2,1-4H3. The smallest absolute Gasteiger partial charge is 0.191 e. The van der Waals surface area contributed by atoms with E-state index in [4.69, 9.17) is 35.7 Å². The van der Waals surface area contributed by atoms with E-state index in [1.807, 2.05) is 0 Å². The zero-order valence-corrected chi connectivity index (χ0v) is 22.1. The molecule has 0 aliphatic heterocycles. The Balaban J connectivity index is 1.86. The highest BCUT2D eigenvalue weighted by molar-refractivity contribution is 6.30. The first-order chi connectivity index (χ1) is 18.3. The lowest BCUT2D eigenvalue weighted by atomic mass is 9.95. The Morgan fingerprint density at radius 2 is 1.79 bits per heavy atom. The number of Topliss-reactive ketones (excluding diaryl/α,β-unsaturated/α-hetero) is 1. The molecular weight excluding hydrogens is 515 g/mol. The molecule has 10 heteroatoms. The topological polar surface area (TPSA) is 102 Å². The van der Waals surface area contributed by atoms with E-state index in [2.05, 4.69) is 10.3 Å². The van der Waals surface area contributed by atoms with Crippen LogP contribution in [0.4, 0.5) is 10.1 Å². The minimum atomic E-state index is -1.01. The summed E-state index contributed by atoms with van der Waals surface area (Å²) in [6.07, 6.45) is 1.48. The van der Waals surface area contributed by atoms with Gasteiger partial charge in [-0.1, -0.05) is 17.7 Å². The van der Waals surface area contributed by atoms with Crippen LogP contribution in [0.2, 0.25) is 5.02 Å². The molecule has 0 saturated carbocycles. The molecule has 1 unspecified atom stereocenters. The van der Waals surface area contributed by atoms with E-state index in [0.29, 0.717) is 50.4 Å². The lowest BCUT2D eigenvalue weighted by molar-refractivity contribution is 0.0969. The molecule has 0 aliphatic rings. The van der Waals surface area contributed by atoms with Crippen molar-refractivity contribution in [2.24, 2.45) is 0 Å². The van der Waals surface area contributed by atoms with E-state index in [9.17, 15) is 4.79 Å². The minimum absolute atomic E-state index is 0.0808. The average molecular weight is 543 g/mol. The number of aromatic amines is 1. The van der Waals surface area contributed by atoms with Crippen molar-refractivity contribution >= 4 is 34.0 Å². The molecule has 0 radical (unpaired) electrons. The number of H-pyrrole nitrogens is 1. The van der Waals surface area contributed by atoms with Gasteiger partial charge in [-0.15, -0.1) is 0 Å². The Morgan fingerprint density at radius 3 is 2.47 bits per heavy atom. The molecule has 1 heterocycles. The number of ketones is 1. The fourth-order valence-corrected chi connectivity index (χ4v) is 4.44. The molecule has 3 N–H and O–H groups in total. The number of aliphatic hydroxyl groups excluding tert-OH is 1. The van der Waals surface area contributed by atoms with Gasteiger partial charge in [0.25, 0.3) is 0 Å². The highest BCUT2D eigenvalue weighted by atomic mass is 35.5. The number of nitrogens with one attached hydrogen (secondary N) is 2. The minimum Gasteiger partial charge on any atom is -0.497 e. The van der Waals surface area contributed by atoms with Gasteiger partial charge in [-0.05, 0) is 19.1 Å². The van der Waals surface area contributed by atoms with Gasteiger partial charge in [0.15, 0.2) is 5.78 Å². The second-order valence-electron chi connectivity index (χ2n) is 8.44. The van der Waals surface area contributed by atoms with Crippen molar-refractivity contribution in [2.75, 3.05) is 39.9 Å². The number of aromatic nitrogens is 1. The zero-order chi connectivity index (χ0) is 27.4. The summed E-state index contributed by atoms with van der Waals surface area (Å²) < 4.78 is 37.3. The van der Waals surface area contributed by atoms with Gasteiger partial charge in [-0.3, -0.25) is 4.79 Å². The molecule has 0 saturated heterocycles. The van der Waals surface area contributed by atoms with Crippen LogP contribution >= 0.6 is 11.6 Å². The SMILES string of the molecule is COc1cc(NC(C(=O)c2c[nH]c3cc(OC)c(C)c(F)c23)c2ccc(Cl)cc2OC)cc(OCCO)c1. The Labute approximate surface area is 224 Å². The first kappa shape index (κ1) is 27.1. The van der Waals surface area contributed by atoms with Crippen LogP contribution in [0.3, 0.4) is 0 Å². The number of aliphatic hydroxyl groups is 1. The molecular formula is C28H28ClFN2O6. The molecule has 0 bridgehead atoms. The van der Waals surface area contributed by atoms with Crippen molar-refractivity contribution < 1.29 is 33.2 Å². The number of benzene rings is 3. The molecule has 1 aromatic heterocycles. The lowest BCUT2D eigenvalue weighted by Crippen LogP contribution is -2.22. The van der Waals surface area contributed by atoms with Crippen molar-refractivity contribution in [2.45, 2.75) is 13.0 Å². The summed E-state index contributed by atoms with van der Waals surface area (Å²) in [5.74, 6) is 0.680. The van der Waals surface area contributed by atoms with Crippen molar-refractivity contribution in [1.82, 2.24) is 4.98 Å². The summed E-state index contributed by atoms with van der Waals surface area (Å²) in [4.78, 5) is 17.1. The summed E-state index contributed by atoms with van der Waals surface area (Å²) in [5, 5.41) is 13.0. The monoisotopic (exact) mass is 542 g/mol. The quantitative estimate of drug-likeness (QED) is 0.209. The fourth-order valence-electron chi connectivity index (χ4n) is 4.28. The summed E-state index contributed by atoms with van der Waals surface area (Å²) in [6, 6.07) is 10.6. The third kappa shape index (κ3) is 5.34. The van der Waals surface area contributed by atoms with Crippen LogP contribution in [-0.4, -0.2) is 50.4 Å². The molecule has 4 aromatic rings. The Morgan fingerprint density at radius 1 is 1.05 bits per heavy atom. The van der Waals surface area contributed by atoms with Crippen LogP contribution in [0, 0.1) is 12.7 Å². The Hall–Kier alpha value is -3.95. The van der Waals surface area contributed by atoms with E-state index in [1.165, 1.54) is 27.5 Å². The lowest BCUT2D eigenvalue weighted by Gasteiger charge is -2.22. The van der Waals surface area contributed by atoms with Crippen LogP contribution < -0.4 is 24.3 Å². The van der Waals surface area contributed by atoms with Crippen LogP contribution in [0.1, 0.15) is 27.5 Å². The maximum atomic E-state index is 15.5. The van der Waals surface area contributed by atoms with Gasteiger partial charge in [0.1, 0.15) is 41.5 Å². The van der Waals surface area contributed by atoms with Gasteiger partial charge in [0.05, 0.1) is 33.5 Å². The summed E-state index contributed by atoms with van der Waals surface area (Å²) in [5.41, 5.74) is 1.85. The maximum absolute atomic E-state index is 15.5. The van der Waals surface area contributed by atoms with Crippen LogP contribution in [-0.2, 0) is 0 Å². The molecule has 8 nitrogen and oxygen atoms in total. The van der Waals surface area contributed by atoms with E-state index in [0.717, 1.165) is 0 Å². The summed E-state index contributed by atoms with van der Waals surface area (Å²) in [6.45, 7) is 1.51. The first-order valence-corrected chi connectivity index (χ1v) is 12.1. The molecule has 4 rings (SSSR count). The largest absolute Gasteiger partial charge is 0.497 e. The highest BCUT2D eigenvalue weighted by Crippen LogP contribution is 2.38. The number of rotatable bonds is 11. The van der Waals surface area contributed by atoms with Gasteiger partial charge in [-0.25, -0.2) is 4.39 Å². The fraction of sp³-hybridized carbons (Fsp3) is 0.250. The van der Waals surface area contributed by atoms with Crippen LogP contribution in [0.5, 0.6) is 23.0 Å². The highest BCUT2D eigenvalue weighted by Gasteiger charge is 2.29. The van der Waals surface area contributed by atoms with Gasteiger partial charge in [0.2, 0.25) is 0 Å². The molecule has 0 amide bonds. The second kappa shape index (κ2) is 11.6. The van der Waals surface area contributed by atoms with E-state index in [-0.39, 0.29) is 24.2 Å². The first-order valence-electron chi connectivity index (χ1n) is 11.7. The van der Waals surface area contributed by atoms with Gasteiger partial charge >= 0.3 is 0 Å². The number of carbonyl (C=O) groups is 1. The number of anilines is 1. The molecule has 200 valence electrons. The van der Waals surface area contributed by atoms with Crippen LogP contribution in [0.15, 0.2) is 48.7 Å². The Kier molecular flexibility index (Phi) is 8.29. The number of hydrogen-bond acceptors (Lipinski definition) is 7. The van der Waals surface area contributed by atoms with E-state index < -0.39 is 17.6 Å². The second-order valence-corrected chi connectivity index (χ2v) is 8.88. The molecule has 0 spiro atoms. The van der Waals surface area contributed by atoms with Crippen molar-refractivity contribution in [3.63, 3.8) is 0 Å². The molecule has 0 aliphatic carbocycles. The molecule has 3 aromatic carbocycles. The molecule has 1 atom stereocenters. The zero-order valence-electron chi connectivity index (χ0n) is 21.4. The summed E-state index contributed by atoms with van der Waals surface area (Å²) in [7, 11) is 4.44. The third-order valence-corrected chi connectivity index (χ3v) is 6.38. The van der Waals surface area contributed by atoms with Crippen molar-refractivity contribution in [3.8, 4) is 23.0 Å². The van der Waals surface area contributed by atoms with Crippen LogP contribution in [0.25, 0.3) is 10.9 Å². The molecule has 0 fully saturated rings. The van der Waals surface area contributed by atoms with Crippen molar-refractivity contribution in [3.05, 3.63) is 76.2 Å². The maximum Gasteiger partial charge on any atom is 0.191 e. The third-order valence-electron chi connectivity index (χ3n) is 6.15. The average Bonchev–Trinajstić information content (AvgIpc) is 3.36. The van der Waals surface area contributed by atoms with E-state index in [1.54, 1.807) is 49.4 Å². The number of hydrogen-bond donors (Lipinski definition) is 3.